The van der Waals surface area contributed by atoms with Crippen molar-refractivity contribution in [2.75, 3.05) is 19.8 Å². The Morgan fingerprint density at radius 2 is 1.59 bits per heavy atom. The van der Waals surface area contributed by atoms with Crippen LogP contribution in [-0.4, -0.2) is 25.7 Å². The fraction of sp³-hybridized carbons (Fsp3) is 0.261. The van der Waals surface area contributed by atoms with Gasteiger partial charge in [-0.05, 0) is 29.0 Å². The zero-order chi connectivity index (χ0) is 19.1. The normalized spacial score (nSPS) is 10.8. The summed E-state index contributed by atoms with van der Waals surface area (Å²) in [6, 6.07) is 21.8. The summed E-state index contributed by atoms with van der Waals surface area (Å²) in [5.74, 6) is 1.77. The van der Waals surface area contributed by atoms with E-state index < -0.39 is 0 Å². The molecular weight excluding hydrogens is 338 g/mol. The summed E-state index contributed by atoms with van der Waals surface area (Å²) in [6.07, 6.45) is 0. The number of para-hydroxylation sites is 1. The summed E-state index contributed by atoms with van der Waals surface area (Å²) < 4.78 is 11.5. The summed E-state index contributed by atoms with van der Waals surface area (Å²) in [6.45, 7) is 5.04. The molecule has 27 heavy (non-hydrogen) atoms. The van der Waals surface area contributed by atoms with Gasteiger partial charge >= 0.3 is 0 Å². The van der Waals surface area contributed by atoms with Crippen LogP contribution in [0.1, 0.15) is 25.3 Å². The second kappa shape index (κ2) is 9.08. The van der Waals surface area contributed by atoms with Crippen LogP contribution in [0.5, 0.6) is 11.5 Å². The van der Waals surface area contributed by atoms with Crippen molar-refractivity contribution in [1.29, 1.82) is 0 Å². The monoisotopic (exact) mass is 363 g/mol. The predicted octanol–water partition coefficient (Wildman–Crippen LogP) is 4.54. The van der Waals surface area contributed by atoms with Crippen LogP contribution in [0.15, 0.2) is 66.7 Å². The standard InChI is InChI=1S/C23H25NO3/c1-17(2)19-10-5-6-12-21(19)27-16-23(25)24-14-15-26-22-13-7-9-18-8-3-4-11-20(18)22/h3-13,17H,14-16H2,1-2H3,(H,24,25). The number of hydrogen-bond donors (Lipinski definition) is 1. The molecule has 0 aliphatic rings. The molecular formula is C23H25NO3. The Hall–Kier alpha value is -3.01. The van der Waals surface area contributed by atoms with Crippen LogP contribution >= 0.6 is 0 Å². The lowest BCUT2D eigenvalue weighted by Crippen LogP contribution is -2.32. The average molecular weight is 363 g/mol. The van der Waals surface area contributed by atoms with Gasteiger partial charge in [-0.2, -0.15) is 0 Å². The maximum absolute atomic E-state index is 12.0. The molecule has 4 nitrogen and oxygen atoms in total. The van der Waals surface area contributed by atoms with Gasteiger partial charge in [0, 0.05) is 5.39 Å². The molecule has 0 bridgehead atoms. The van der Waals surface area contributed by atoms with Gasteiger partial charge in [0.1, 0.15) is 18.1 Å². The van der Waals surface area contributed by atoms with E-state index in [4.69, 9.17) is 9.47 Å². The second-order valence-electron chi connectivity index (χ2n) is 6.66. The molecule has 0 saturated carbocycles. The number of amides is 1. The number of hydrogen-bond acceptors (Lipinski definition) is 3. The van der Waals surface area contributed by atoms with Crippen LogP contribution in [0.3, 0.4) is 0 Å². The van der Waals surface area contributed by atoms with E-state index in [1.165, 1.54) is 0 Å². The van der Waals surface area contributed by atoms with Gasteiger partial charge in [-0.25, -0.2) is 0 Å². The van der Waals surface area contributed by atoms with Crippen LogP contribution < -0.4 is 14.8 Å². The van der Waals surface area contributed by atoms with Gasteiger partial charge in [0.2, 0.25) is 0 Å². The Labute approximate surface area is 160 Å². The minimum atomic E-state index is -0.157. The lowest BCUT2D eigenvalue weighted by atomic mass is 10.0. The molecule has 0 unspecified atom stereocenters. The maximum Gasteiger partial charge on any atom is 0.258 e. The molecule has 0 aliphatic carbocycles. The van der Waals surface area contributed by atoms with Crippen molar-refractivity contribution < 1.29 is 14.3 Å². The molecule has 3 aromatic rings. The number of ether oxygens (including phenoxy) is 2. The lowest BCUT2D eigenvalue weighted by Gasteiger charge is -2.14. The molecule has 0 spiro atoms. The molecule has 0 saturated heterocycles. The zero-order valence-electron chi connectivity index (χ0n) is 15.8. The second-order valence-corrected chi connectivity index (χ2v) is 6.66. The minimum Gasteiger partial charge on any atom is -0.491 e. The van der Waals surface area contributed by atoms with Crippen molar-refractivity contribution in [3.63, 3.8) is 0 Å². The van der Waals surface area contributed by atoms with E-state index in [-0.39, 0.29) is 12.5 Å². The van der Waals surface area contributed by atoms with Crippen molar-refractivity contribution >= 4 is 16.7 Å². The van der Waals surface area contributed by atoms with Crippen LogP contribution in [0.25, 0.3) is 10.8 Å². The summed E-state index contributed by atoms with van der Waals surface area (Å²) in [7, 11) is 0. The van der Waals surface area contributed by atoms with Crippen molar-refractivity contribution in [1.82, 2.24) is 5.32 Å². The molecule has 0 heterocycles. The Bertz CT molecular complexity index is 900. The highest BCUT2D eigenvalue weighted by molar-refractivity contribution is 5.88. The molecule has 3 aromatic carbocycles. The maximum atomic E-state index is 12.0. The number of fused-ring (bicyclic) bond motifs is 1. The quantitative estimate of drug-likeness (QED) is 0.598. The SMILES string of the molecule is CC(C)c1ccccc1OCC(=O)NCCOc1cccc2ccccc12. The molecule has 1 N–H and O–H groups in total. The molecule has 0 aromatic heterocycles. The Kier molecular flexibility index (Phi) is 6.31. The van der Waals surface area contributed by atoms with Crippen molar-refractivity contribution in [3.05, 3.63) is 72.3 Å². The first-order chi connectivity index (χ1) is 13.1. The first-order valence-electron chi connectivity index (χ1n) is 9.24. The molecule has 4 heteroatoms. The molecule has 3 rings (SSSR count). The third-order valence-electron chi connectivity index (χ3n) is 4.33. The first-order valence-corrected chi connectivity index (χ1v) is 9.24. The predicted molar refractivity (Wildman–Crippen MR) is 108 cm³/mol. The number of carbonyl (C=O) groups excluding carboxylic acids is 1. The van der Waals surface area contributed by atoms with Gasteiger partial charge in [-0.3, -0.25) is 4.79 Å². The fourth-order valence-electron chi connectivity index (χ4n) is 2.96. The summed E-state index contributed by atoms with van der Waals surface area (Å²) >= 11 is 0. The third kappa shape index (κ3) is 5.00. The van der Waals surface area contributed by atoms with Gasteiger partial charge in [-0.1, -0.05) is 68.4 Å². The molecule has 0 fully saturated rings. The molecule has 0 radical (unpaired) electrons. The van der Waals surface area contributed by atoms with Gasteiger partial charge < -0.3 is 14.8 Å². The molecule has 0 atom stereocenters. The summed E-state index contributed by atoms with van der Waals surface area (Å²) in [5, 5.41) is 5.04. The van der Waals surface area contributed by atoms with Crippen LogP contribution in [0.2, 0.25) is 0 Å². The van der Waals surface area contributed by atoms with E-state index in [9.17, 15) is 4.79 Å². The number of benzene rings is 3. The van der Waals surface area contributed by atoms with E-state index in [1.54, 1.807) is 0 Å². The van der Waals surface area contributed by atoms with Crippen LogP contribution in [0, 0.1) is 0 Å². The number of rotatable bonds is 8. The van der Waals surface area contributed by atoms with Gasteiger partial charge in [0.25, 0.3) is 5.91 Å². The average Bonchev–Trinajstić information content (AvgIpc) is 2.70. The van der Waals surface area contributed by atoms with Gasteiger partial charge in [0.15, 0.2) is 6.61 Å². The van der Waals surface area contributed by atoms with Crippen molar-refractivity contribution in [2.45, 2.75) is 19.8 Å². The lowest BCUT2D eigenvalue weighted by molar-refractivity contribution is -0.123. The highest BCUT2D eigenvalue weighted by Crippen LogP contribution is 2.26. The van der Waals surface area contributed by atoms with Crippen LogP contribution in [-0.2, 0) is 4.79 Å². The molecule has 1 amide bonds. The summed E-state index contributed by atoms with van der Waals surface area (Å²) in [5.41, 5.74) is 1.10. The van der Waals surface area contributed by atoms with Crippen molar-refractivity contribution in [3.8, 4) is 11.5 Å². The largest absolute Gasteiger partial charge is 0.491 e. The Morgan fingerprint density at radius 1 is 0.889 bits per heavy atom. The van der Waals surface area contributed by atoms with Gasteiger partial charge in [-0.15, -0.1) is 0 Å². The van der Waals surface area contributed by atoms with E-state index in [2.05, 4.69) is 31.3 Å². The third-order valence-corrected chi connectivity index (χ3v) is 4.33. The zero-order valence-corrected chi connectivity index (χ0v) is 15.8. The Morgan fingerprint density at radius 3 is 2.44 bits per heavy atom. The highest BCUT2D eigenvalue weighted by Gasteiger charge is 2.09. The minimum absolute atomic E-state index is 0.00198. The van der Waals surface area contributed by atoms with Crippen molar-refractivity contribution in [2.24, 2.45) is 0 Å². The fourth-order valence-corrected chi connectivity index (χ4v) is 2.96. The van der Waals surface area contributed by atoms with E-state index >= 15 is 0 Å². The molecule has 0 aliphatic heterocycles. The molecule has 140 valence electrons. The number of nitrogens with one attached hydrogen (secondary N) is 1. The first kappa shape index (κ1) is 18.8. The Balaban J connectivity index is 1.45. The topological polar surface area (TPSA) is 47.6 Å². The summed E-state index contributed by atoms with van der Waals surface area (Å²) in [4.78, 5) is 12.0. The van der Waals surface area contributed by atoms with E-state index in [0.717, 1.165) is 27.8 Å². The highest BCUT2D eigenvalue weighted by atomic mass is 16.5. The smallest absolute Gasteiger partial charge is 0.258 e. The van der Waals surface area contributed by atoms with E-state index in [0.29, 0.717) is 19.1 Å². The van der Waals surface area contributed by atoms with Crippen LogP contribution in [0.4, 0.5) is 0 Å². The van der Waals surface area contributed by atoms with Gasteiger partial charge in [0.05, 0.1) is 6.54 Å². The number of carbonyl (C=O) groups is 1. The van der Waals surface area contributed by atoms with E-state index in [1.807, 2.05) is 54.6 Å².